The Bertz CT molecular complexity index is 804. The molecule has 2 heterocycles. The lowest BCUT2D eigenvalue weighted by atomic mass is 10.2. The Kier molecular flexibility index (Phi) is 3.37. The van der Waals surface area contributed by atoms with Crippen molar-refractivity contribution >= 4 is 16.8 Å². The van der Waals surface area contributed by atoms with Crippen molar-refractivity contribution in [1.82, 2.24) is 9.97 Å². The summed E-state index contributed by atoms with van der Waals surface area (Å²) in [5.41, 5.74) is 3.62. The van der Waals surface area contributed by atoms with Gasteiger partial charge in [0.2, 0.25) is 5.76 Å². The summed E-state index contributed by atoms with van der Waals surface area (Å²) >= 11 is 0. The van der Waals surface area contributed by atoms with Gasteiger partial charge in [-0.3, -0.25) is 4.98 Å². The summed E-state index contributed by atoms with van der Waals surface area (Å²) in [5.74, 6) is 6.24. The Balaban J connectivity index is 1.85. The molecule has 3 N–H and O–H groups in total. The van der Waals surface area contributed by atoms with Crippen LogP contribution in [0.15, 0.2) is 41.1 Å². The number of benzene rings is 1. The van der Waals surface area contributed by atoms with Crippen LogP contribution < -0.4 is 16.0 Å². The second-order valence-electron chi connectivity index (χ2n) is 4.19. The van der Waals surface area contributed by atoms with Crippen LogP contribution in [0.25, 0.3) is 11.0 Å². The number of hydrazine groups is 1. The summed E-state index contributed by atoms with van der Waals surface area (Å²) in [5, 5.41) is 9.86. The molecule has 2 aromatic heterocycles. The van der Waals surface area contributed by atoms with Gasteiger partial charge in [-0.1, -0.05) is 12.1 Å². The van der Waals surface area contributed by atoms with Crippen LogP contribution in [-0.2, 0) is 6.61 Å². The van der Waals surface area contributed by atoms with Crippen LogP contribution in [0, 0.1) is 11.3 Å². The van der Waals surface area contributed by atoms with Crippen molar-refractivity contribution in [3.05, 3.63) is 48.1 Å². The van der Waals surface area contributed by atoms with E-state index in [1.807, 2.05) is 24.3 Å². The van der Waals surface area contributed by atoms with E-state index in [0.29, 0.717) is 22.8 Å². The van der Waals surface area contributed by atoms with Crippen molar-refractivity contribution in [3.8, 4) is 11.8 Å². The fourth-order valence-electron chi connectivity index (χ4n) is 1.89. The van der Waals surface area contributed by atoms with E-state index >= 15 is 0 Å². The van der Waals surface area contributed by atoms with E-state index < -0.39 is 0 Å². The summed E-state index contributed by atoms with van der Waals surface area (Å²) in [4.78, 5) is 8.18. The largest absolute Gasteiger partial charge is 0.482 e. The maximum Gasteiger partial charge on any atom is 0.246 e. The van der Waals surface area contributed by atoms with E-state index in [1.54, 1.807) is 12.3 Å². The summed E-state index contributed by atoms with van der Waals surface area (Å²) < 4.78 is 11.1. The zero-order chi connectivity index (χ0) is 14.7. The van der Waals surface area contributed by atoms with Gasteiger partial charge in [0.15, 0.2) is 11.6 Å². The minimum Gasteiger partial charge on any atom is -0.482 e. The number of anilines is 1. The van der Waals surface area contributed by atoms with Gasteiger partial charge in [0.1, 0.15) is 18.3 Å². The number of furan rings is 1. The summed E-state index contributed by atoms with van der Waals surface area (Å²) in [6, 6.07) is 9.29. The monoisotopic (exact) mass is 281 g/mol. The highest BCUT2D eigenvalue weighted by Crippen LogP contribution is 2.32. The molecule has 0 saturated heterocycles. The highest BCUT2D eigenvalue weighted by molar-refractivity contribution is 5.86. The molecule has 0 aliphatic carbocycles. The molecular weight excluding hydrogens is 270 g/mol. The number of nitriles is 1. The molecule has 21 heavy (non-hydrogen) atoms. The second kappa shape index (κ2) is 5.48. The van der Waals surface area contributed by atoms with Crippen molar-refractivity contribution < 1.29 is 9.15 Å². The predicted octanol–water partition coefficient (Wildman–Crippen LogP) is 1.96. The van der Waals surface area contributed by atoms with Gasteiger partial charge in [-0.05, 0) is 12.1 Å². The van der Waals surface area contributed by atoms with Gasteiger partial charge in [-0.2, -0.15) is 5.26 Å². The molecular formula is C14H11N5O2. The summed E-state index contributed by atoms with van der Waals surface area (Å²) in [7, 11) is 0. The molecule has 0 saturated carbocycles. The topological polar surface area (TPSA) is 110 Å². The van der Waals surface area contributed by atoms with Crippen molar-refractivity contribution in [2.24, 2.45) is 5.84 Å². The van der Waals surface area contributed by atoms with E-state index in [-0.39, 0.29) is 12.4 Å². The van der Waals surface area contributed by atoms with Crippen molar-refractivity contribution in [3.63, 3.8) is 0 Å². The maximum atomic E-state index is 9.11. The molecule has 7 nitrogen and oxygen atoms in total. The number of rotatable bonds is 4. The number of nitrogens with one attached hydrogen (secondary N) is 1. The molecule has 0 aliphatic heterocycles. The third-order valence-corrected chi connectivity index (χ3v) is 2.87. The number of nitrogens with two attached hydrogens (primary N) is 1. The fourth-order valence-corrected chi connectivity index (χ4v) is 1.89. The Morgan fingerprint density at radius 2 is 2.14 bits per heavy atom. The highest BCUT2D eigenvalue weighted by Gasteiger charge is 2.15. The molecule has 104 valence electrons. The van der Waals surface area contributed by atoms with Crippen molar-refractivity contribution in [2.45, 2.75) is 6.61 Å². The zero-order valence-electron chi connectivity index (χ0n) is 10.9. The number of fused-ring (bicyclic) bond motifs is 1. The van der Waals surface area contributed by atoms with Gasteiger partial charge in [0, 0.05) is 0 Å². The first kappa shape index (κ1) is 12.9. The Labute approximate surface area is 119 Å². The molecule has 3 aromatic rings. The first-order chi connectivity index (χ1) is 10.3. The molecule has 0 fully saturated rings. The number of nitrogens with zero attached hydrogens (tertiary/aromatic N) is 3. The third kappa shape index (κ3) is 2.48. The molecule has 7 heteroatoms. The molecule has 0 aliphatic rings. The Morgan fingerprint density at radius 1 is 1.29 bits per heavy atom. The zero-order valence-corrected chi connectivity index (χ0v) is 10.9. The van der Waals surface area contributed by atoms with Gasteiger partial charge in [-0.25, -0.2) is 10.8 Å². The quantitative estimate of drug-likeness (QED) is 0.555. The van der Waals surface area contributed by atoms with Gasteiger partial charge in [-0.15, -0.1) is 0 Å². The van der Waals surface area contributed by atoms with E-state index in [0.717, 1.165) is 5.39 Å². The van der Waals surface area contributed by atoms with Crippen LogP contribution in [0.5, 0.6) is 5.75 Å². The number of hydrogen-bond donors (Lipinski definition) is 2. The number of ether oxygens (including phenoxy) is 1. The van der Waals surface area contributed by atoms with E-state index in [1.165, 1.54) is 6.20 Å². The van der Waals surface area contributed by atoms with Crippen LogP contribution in [-0.4, -0.2) is 9.97 Å². The molecule has 0 unspecified atom stereocenters. The number of para-hydroxylation sites is 1. The van der Waals surface area contributed by atoms with Crippen molar-refractivity contribution in [2.75, 3.05) is 5.43 Å². The van der Waals surface area contributed by atoms with Crippen molar-refractivity contribution in [1.29, 1.82) is 5.26 Å². The average Bonchev–Trinajstić information content (AvgIpc) is 2.91. The van der Waals surface area contributed by atoms with E-state index in [2.05, 4.69) is 15.4 Å². The molecule has 0 radical (unpaired) electrons. The smallest absolute Gasteiger partial charge is 0.246 e. The lowest BCUT2D eigenvalue weighted by molar-refractivity contribution is 0.298. The van der Waals surface area contributed by atoms with Crippen LogP contribution in [0.2, 0.25) is 0 Å². The standard InChI is InChI=1S/C14H11N5O2/c15-5-12-14(10-3-1-2-4-11(10)21-12)20-8-9-6-18-13(19-16)7-17-9/h1-4,6-7H,8,16H2,(H,18,19). The second-order valence-corrected chi connectivity index (χ2v) is 4.19. The average molecular weight is 281 g/mol. The first-order valence-electron chi connectivity index (χ1n) is 6.14. The third-order valence-electron chi connectivity index (χ3n) is 2.87. The minimum absolute atomic E-state index is 0.143. The molecule has 3 rings (SSSR count). The lowest BCUT2D eigenvalue weighted by Gasteiger charge is -2.04. The SMILES string of the molecule is N#Cc1oc2ccccc2c1OCc1cnc(NN)cn1. The molecule has 0 spiro atoms. The van der Waals surface area contributed by atoms with Gasteiger partial charge < -0.3 is 14.6 Å². The van der Waals surface area contributed by atoms with Gasteiger partial charge in [0.25, 0.3) is 0 Å². The molecule has 0 atom stereocenters. The molecule has 1 aromatic carbocycles. The lowest BCUT2D eigenvalue weighted by Crippen LogP contribution is -2.09. The van der Waals surface area contributed by atoms with Crippen LogP contribution in [0.1, 0.15) is 11.5 Å². The van der Waals surface area contributed by atoms with Gasteiger partial charge >= 0.3 is 0 Å². The number of hydrogen-bond acceptors (Lipinski definition) is 7. The van der Waals surface area contributed by atoms with Gasteiger partial charge in [0.05, 0.1) is 23.5 Å². The van der Waals surface area contributed by atoms with Crippen LogP contribution in [0.3, 0.4) is 0 Å². The molecule has 0 amide bonds. The van der Waals surface area contributed by atoms with Crippen LogP contribution in [0.4, 0.5) is 5.82 Å². The van der Waals surface area contributed by atoms with E-state index in [4.69, 9.17) is 20.3 Å². The van der Waals surface area contributed by atoms with Crippen LogP contribution >= 0.6 is 0 Å². The Hall–Kier alpha value is -3.11. The fraction of sp³-hybridized carbons (Fsp3) is 0.0714. The normalized spacial score (nSPS) is 10.3. The predicted molar refractivity (Wildman–Crippen MR) is 75.1 cm³/mol. The highest BCUT2D eigenvalue weighted by atomic mass is 16.5. The van der Waals surface area contributed by atoms with E-state index in [9.17, 15) is 0 Å². The number of nitrogen functional groups attached to an aromatic ring is 1. The molecule has 0 bridgehead atoms. The minimum atomic E-state index is 0.143. The summed E-state index contributed by atoms with van der Waals surface area (Å²) in [6.45, 7) is 0.177. The summed E-state index contributed by atoms with van der Waals surface area (Å²) in [6.07, 6.45) is 3.04. The number of aromatic nitrogens is 2. The maximum absolute atomic E-state index is 9.11. The Morgan fingerprint density at radius 3 is 2.86 bits per heavy atom. The first-order valence-corrected chi connectivity index (χ1v) is 6.14.